The predicted molar refractivity (Wildman–Crippen MR) is 77.8 cm³/mol. The molecule has 0 fully saturated rings. The second-order valence-corrected chi connectivity index (χ2v) is 7.85. The van der Waals surface area contributed by atoms with Crippen LogP contribution in [0.2, 0.25) is 5.02 Å². The van der Waals surface area contributed by atoms with Crippen molar-refractivity contribution in [1.29, 1.82) is 0 Å². The van der Waals surface area contributed by atoms with Crippen LogP contribution in [0.4, 0.5) is 8.78 Å². The molecule has 1 rings (SSSR count). The maximum atomic E-state index is 13.9. The lowest BCUT2D eigenvalue weighted by Crippen LogP contribution is -2.47. The van der Waals surface area contributed by atoms with Crippen LogP contribution >= 0.6 is 11.6 Å². The summed E-state index contributed by atoms with van der Waals surface area (Å²) in [5.41, 5.74) is -0.00981. The second kappa shape index (κ2) is 6.37. The molecule has 21 heavy (non-hydrogen) atoms. The molecule has 118 valence electrons. The Kier molecular flexibility index (Phi) is 5.46. The summed E-state index contributed by atoms with van der Waals surface area (Å²) in [6.45, 7) is 4.77. The van der Waals surface area contributed by atoms with Crippen molar-refractivity contribution >= 4 is 28.6 Å². The van der Waals surface area contributed by atoms with Gasteiger partial charge in [-0.05, 0) is 38.5 Å². The van der Waals surface area contributed by atoms with Gasteiger partial charge in [-0.1, -0.05) is 23.7 Å². The lowest BCUT2D eigenvalue weighted by molar-refractivity contribution is -0.168. The number of rotatable bonds is 5. The van der Waals surface area contributed by atoms with Crippen molar-refractivity contribution in [3.63, 3.8) is 0 Å². The van der Waals surface area contributed by atoms with E-state index in [4.69, 9.17) is 16.7 Å². The number of halogens is 3. The Morgan fingerprint density at radius 2 is 1.76 bits per heavy atom. The fraction of sp³-hybridized carbons (Fsp3) is 0.462. The van der Waals surface area contributed by atoms with E-state index in [-0.39, 0.29) is 5.56 Å². The van der Waals surface area contributed by atoms with E-state index in [2.05, 4.69) is 4.72 Å². The number of hydrogen-bond acceptors (Lipinski definition) is 2. The van der Waals surface area contributed by atoms with Crippen molar-refractivity contribution in [2.45, 2.75) is 37.5 Å². The molecule has 4 nitrogen and oxygen atoms in total. The molecule has 0 aromatic heterocycles. The monoisotopic (exact) mass is 339 g/mol. The molecule has 2 N–H and O–H groups in total. The standard InChI is InChI=1S/C13H16ClF2NO3S/c1-12(2,3)21(20)17-10(13(15,16)11(18)19)8-4-6-9(14)7-5-8/h4-7,10,17H,1-3H3,(H,18,19)/t10-,21-/m1/s1. The molecule has 0 unspecified atom stereocenters. The van der Waals surface area contributed by atoms with Crippen LogP contribution in [-0.2, 0) is 15.8 Å². The zero-order valence-corrected chi connectivity index (χ0v) is 13.3. The van der Waals surface area contributed by atoms with E-state index in [0.29, 0.717) is 5.02 Å². The minimum Gasteiger partial charge on any atom is -0.477 e. The van der Waals surface area contributed by atoms with Crippen molar-refractivity contribution in [2.75, 3.05) is 0 Å². The van der Waals surface area contributed by atoms with Gasteiger partial charge in [-0.15, -0.1) is 0 Å². The topological polar surface area (TPSA) is 66.4 Å². The summed E-state index contributed by atoms with van der Waals surface area (Å²) in [5, 5.41) is 9.06. The first-order chi connectivity index (χ1) is 9.46. The maximum absolute atomic E-state index is 13.9. The van der Waals surface area contributed by atoms with Crippen molar-refractivity contribution in [3.05, 3.63) is 34.9 Å². The maximum Gasteiger partial charge on any atom is 0.376 e. The fourth-order valence-electron chi connectivity index (χ4n) is 1.41. The third-order valence-corrected chi connectivity index (χ3v) is 4.45. The van der Waals surface area contributed by atoms with E-state index < -0.39 is 33.7 Å². The smallest absolute Gasteiger partial charge is 0.376 e. The molecule has 8 heteroatoms. The second-order valence-electron chi connectivity index (χ2n) is 5.41. The Bertz CT molecular complexity index is 543. The van der Waals surface area contributed by atoms with Gasteiger partial charge in [0.05, 0.1) is 15.7 Å². The number of carbonyl (C=O) groups is 1. The third kappa shape index (κ3) is 4.46. The minimum atomic E-state index is -4.12. The van der Waals surface area contributed by atoms with E-state index >= 15 is 0 Å². The summed E-state index contributed by atoms with van der Waals surface area (Å²) in [6.07, 6.45) is 0. The number of benzene rings is 1. The number of carboxylic acids is 1. The molecule has 0 bridgehead atoms. The number of alkyl halides is 2. The summed E-state index contributed by atoms with van der Waals surface area (Å²) in [5.74, 6) is -6.41. The van der Waals surface area contributed by atoms with Crippen LogP contribution in [0, 0.1) is 0 Å². The molecule has 0 radical (unpaired) electrons. The van der Waals surface area contributed by atoms with Crippen LogP contribution in [0.1, 0.15) is 32.4 Å². The molecule has 0 spiro atoms. The first-order valence-electron chi connectivity index (χ1n) is 6.01. The first-order valence-corrected chi connectivity index (χ1v) is 7.53. The Labute approximate surface area is 129 Å². The average molecular weight is 340 g/mol. The lowest BCUT2D eigenvalue weighted by Gasteiger charge is -2.28. The highest BCUT2D eigenvalue weighted by Crippen LogP contribution is 2.33. The van der Waals surface area contributed by atoms with Crippen LogP contribution in [0.15, 0.2) is 24.3 Å². The molecule has 0 aliphatic heterocycles. The van der Waals surface area contributed by atoms with E-state index in [1.165, 1.54) is 24.3 Å². The van der Waals surface area contributed by atoms with Gasteiger partial charge in [-0.25, -0.2) is 13.7 Å². The van der Waals surface area contributed by atoms with Crippen molar-refractivity contribution in [1.82, 2.24) is 4.72 Å². The summed E-state index contributed by atoms with van der Waals surface area (Å²) >= 11 is 5.69. The van der Waals surface area contributed by atoms with Crippen molar-refractivity contribution < 1.29 is 22.9 Å². The Hall–Kier alpha value is -1.05. The van der Waals surface area contributed by atoms with Gasteiger partial charge >= 0.3 is 11.9 Å². The van der Waals surface area contributed by atoms with Gasteiger partial charge in [0.25, 0.3) is 0 Å². The van der Waals surface area contributed by atoms with E-state index in [1.54, 1.807) is 20.8 Å². The Balaban J connectivity index is 3.21. The summed E-state index contributed by atoms with van der Waals surface area (Å²) in [4.78, 5) is 10.8. The number of hydrogen-bond donors (Lipinski definition) is 2. The molecule has 1 aromatic rings. The van der Waals surface area contributed by atoms with Gasteiger partial charge in [0.1, 0.15) is 6.04 Å². The Morgan fingerprint density at radius 1 is 1.29 bits per heavy atom. The van der Waals surface area contributed by atoms with E-state index in [1.807, 2.05) is 0 Å². The van der Waals surface area contributed by atoms with Crippen LogP contribution < -0.4 is 4.72 Å². The molecule has 0 heterocycles. The van der Waals surface area contributed by atoms with Crippen LogP contribution in [0.3, 0.4) is 0 Å². The van der Waals surface area contributed by atoms with Gasteiger partial charge in [-0.2, -0.15) is 8.78 Å². The normalized spacial score (nSPS) is 15.5. The first kappa shape index (κ1) is 18.0. The molecule has 0 saturated heterocycles. The van der Waals surface area contributed by atoms with Gasteiger partial charge in [-0.3, -0.25) is 0 Å². The van der Waals surface area contributed by atoms with Crippen molar-refractivity contribution in [2.24, 2.45) is 0 Å². The van der Waals surface area contributed by atoms with E-state index in [0.717, 1.165) is 0 Å². The molecular weight excluding hydrogens is 324 g/mol. The Morgan fingerprint density at radius 3 is 2.14 bits per heavy atom. The highest BCUT2D eigenvalue weighted by atomic mass is 35.5. The largest absolute Gasteiger partial charge is 0.477 e. The number of aliphatic carboxylic acids is 1. The zero-order chi connectivity index (χ0) is 16.4. The van der Waals surface area contributed by atoms with E-state index in [9.17, 15) is 17.8 Å². The average Bonchev–Trinajstić information content (AvgIpc) is 2.35. The van der Waals surface area contributed by atoms with Gasteiger partial charge in [0.15, 0.2) is 0 Å². The molecule has 0 aliphatic rings. The molecule has 2 atom stereocenters. The van der Waals surface area contributed by atoms with Crippen LogP contribution in [0.5, 0.6) is 0 Å². The zero-order valence-electron chi connectivity index (χ0n) is 11.7. The van der Waals surface area contributed by atoms with Gasteiger partial charge in [0, 0.05) is 5.02 Å². The number of carboxylic acid groups (broad SMARTS) is 1. The fourth-order valence-corrected chi connectivity index (χ4v) is 2.39. The van der Waals surface area contributed by atoms with Crippen LogP contribution in [-0.4, -0.2) is 26.0 Å². The summed E-state index contributed by atoms with van der Waals surface area (Å²) in [6, 6.07) is 3.35. The summed E-state index contributed by atoms with van der Waals surface area (Å²) < 4.78 is 41.3. The third-order valence-electron chi connectivity index (χ3n) is 2.63. The molecule has 1 aromatic carbocycles. The molecule has 0 amide bonds. The van der Waals surface area contributed by atoms with Crippen molar-refractivity contribution in [3.8, 4) is 0 Å². The molecule has 0 aliphatic carbocycles. The SMILES string of the molecule is CC(C)(C)[S@@](=O)N[C@H](c1ccc(Cl)cc1)C(F)(F)C(=O)O. The minimum absolute atomic E-state index is 0.00981. The van der Waals surface area contributed by atoms with Gasteiger partial charge in [0.2, 0.25) is 0 Å². The highest BCUT2D eigenvalue weighted by molar-refractivity contribution is 7.84. The quantitative estimate of drug-likeness (QED) is 0.866. The predicted octanol–water partition coefficient (Wildman–Crippen LogP) is 3.15. The summed E-state index contributed by atoms with van der Waals surface area (Å²) in [7, 11) is -1.86. The van der Waals surface area contributed by atoms with Crippen LogP contribution in [0.25, 0.3) is 0 Å². The number of nitrogens with one attached hydrogen (secondary N) is 1. The van der Waals surface area contributed by atoms with Gasteiger partial charge < -0.3 is 5.11 Å². The molecular formula is C13H16ClF2NO3S. The lowest BCUT2D eigenvalue weighted by atomic mass is 10.0. The highest BCUT2D eigenvalue weighted by Gasteiger charge is 2.49. The molecule has 0 saturated carbocycles.